The number of halogens is 1. The molecule has 3 rings (SSSR count). The summed E-state index contributed by atoms with van der Waals surface area (Å²) in [5, 5.41) is 24.0. The number of carbonyl (C=O) groups excluding carboxylic acids is 1. The summed E-state index contributed by atoms with van der Waals surface area (Å²) in [6.07, 6.45) is -0.597. The van der Waals surface area contributed by atoms with Crippen molar-refractivity contribution >= 4 is 17.7 Å². The van der Waals surface area contributed by atoms with Gasteiger partial charge in [0.05, 0.1) is 10.7 Å². The van der Waals surface area contributed by atoms with E-state index < -0.39 is 6.09 Å². The predicted octanol–water partition coefficient (Wildman–Crippen LogP) is 1.94. The molecule has 0 fully saturated rings. The molecule has 0 saturated heterocycles. The Balaban J connectivity index is 1.98. The van der Waals surface area contributed by atoms with Crippen molar-refractivity contribution in [1.29, 1.82) is 0 Å². The number of ether oxygens (including phenoxy) is 1. The van der Waals surface area contributed by atoms with Gasteiger partial charge in [-0.15, -0.1) is 0 Å². The normalized spacial score (nSPS) is 10.6. The van der Waals surface area contributed by atoms with E-state index in [0.717, 1.165) is 0 Å². The van der Waals surface area contributed by atoms with Gasteiger partial charge < -0.3 is 10.1 Å². The topological polar surface area (TPSA) is 121 Å². The highest BCUT2D eigenvalue weighted by Gasteiger charge is 2.18. The summed E-state index contributed by atoms with van der Waals surface area (Å²) in [6, 6.07) is 4.94. The first-order chi connectivity index (χ1) is 11.1. The van der Waals surface area contributed by atoms with Crippen LogP contribution in [0.15, 0.2) is 18.2 Å². The number of rotatable bonds is 3. The van der Waals surface area contributed by atoms with Crippen LogP contribution >= 0.6 is 11.6 Å². The summed E-state index contributed by atoms with van der Waals surface area (Å²) in [5.41, 5.74) is 3.11. The van der Waals surface area contributed by atoms with Crippen LogP contribution in [0.25, 0.3) is 22.6 Å². The fourth-order valence-electron chi connectivity index (χ4n) is 1.99. The molecule has 0 saturated carbocycles. The molecule has 0 aliphatic rings. The second-order valence-corrected chi connectivity index (χ2v) is 4.97. The van der Waals surface area contributed by atoms with Gasteiger partial charge in [-0.1, -0.05) is 11.6 Å². The maximum Gasteiger partial charge on any atom is 0.412 e. The fourth-order valence-corrected chi connectivity index (χ4v) is 2.21. The van der Waals surface area contributed by atoms with Gasteiger partial charge in [-0.25, -0.2) is 4.79 Å². The number of H-pyrrole nitrogens is 2. The van der Waals surface area contributed by atoms with E-state index in [1.54, 1.807) is 18.2 Å². The summed E-state index contributed by atoms with van der Waals surface area (Å²) in [6.45, 7) is 1.81. The van der Waals surface area contributed by atoms with Gasteiger partial charge >= 0.3 is 6.09 Å². The Kier molecular flexibility index (Phi) is 3.94. The smallest absolute Gasteiger partial charge is 0.409 e. The van der Waals surface area contributed by atoms with E-state index in [-0.39, 0.29) is 10.8 Å². The van der Waals surface area contributed by atoms with E-state index in [9.17, 15) is 4.79 Å². The third-order valence-corrected chi connectivity index (χ3v) is 3.40. The van der Waals surface area contributed by atoms with Crippen LogP contribution in [0.3, 0.4) is 0 Å². The van der Waals surface area contributed by atoms with E-state index in [1.807, 2.05) is 6.92 Å². The molecule has 1 amide bonds. The fraction of sp³-hybridized carbons (Fsp3) is 0.154. The first kappa shape index (κ1) is 15.0. The summed E-state index contributed by atoms with van der Waals surface area (Å²) in [5.74, 6) is 0.248. The molecule has 0 unspecified atom stereocenters. The molecule has 9 nitrogen and oxygen atoms in total. The predicted molar refractivity (Wildman–Crippen MR) is 82.0 cm³/mol. The molecule has 10 heteroatoms. The van der Waals surface area contributed by atoms with Crippen LogP contribution in [0.4, 0.5) is 4.79 Å². The van der Waals surface area contributed by atoms with E-state index in [4.69, 9.17) is 16.3 Å². The standard InChI is InChI=1S/C13H12ClN7O2/c1-6-10(17-20-16-6)12-11(18-21-19-12)7-3-4-9(8(14)5-7)23-13(22)15-2/h3-5H,1-2H3,(H,15,22)(H,16,17,20)(H,18,19,21). The second-order valence-electron chi connectivity index (χ2n) is 4.56. The van der Waals surface area contributed by atoms with E-state index in [2.05, 4.69) is 36.1 Å². The number of hydrogen-bond donors (Lipinski definition) is 3. The quantitative estimate of drug-likeness (QED) is 0.673. The Morgan fingerprint density at radius 2 is 1.83 bits per heavy atom. The first-order valence-electron chi connectivity index (χ1n) is 6.58. The SMILES string of the molecule is CNC(=O)Oc1ccc(-c2n[nH]nc2-c2n[nH]nc2C)cc1Cl. The van der Waals surface area contributed by atoms with Gasteiger partial charge in [-0.05, 0) is 25.1 Å². The number of hydrogen-bond acceptors (Lipinski definition) is 6. The maximum absolute atomic E-state index is 11.3. The van der Waals surface area contributed by atoms with Gasteiger partial charge in [0.25, 0.3) is 0 Å². The minimum absolute atomic E-state index is 0.248. The Bertz CT molecular complexity index is 858. The second kappa shape index (κ2) is 6.05. The molecule has 0 radical (unpaired) electrons. The van der Waals surface area contributed by atoms with Crippen molar-refractivity contribution in [2.75, 3.05) is 7.05 Å². The largest absolute Gasteiger partial charge is 0.412 e. The molecule has 118 valence electrons. The van der Waals surface area contributed by atoms with E-state index >= 15 is 0 Å². The van der Waals surface area contributed by atoms with Crippen molar-refractivity contribution in [3.8, 4) is 28.4 Å². The number of aromatic amines is 2. The van der Waals surface area contributed by atoms with Crippen LogP contribution in [0.5, 0.6) is 5.75 Å². The van der Waals surface area contributed by atoms with E-state index in [1.165, 1.54) is 7.05 Å². The zero-order chi connectivity index (χ0) is 16.4. The molecule has 3 N–H and O–H groups in total. The summed E-state index contributed by atoms with van der Waals surface area (Å²) in [4.78, 5) is 11.3. The molecule has 2 heterocycles. The van der Waals surface area contributed by atoms with Crippen molar-refractivity contribution in [3.63, 3.8) is 0 Å². The molecule has 0 aliphatic carbocycles. The van der Waals surface area contributed by atoms with Gasteiger partial charge in [-0.2, -0.15) is 30.8 Å². The summed E-state index contributed by atoms with van der Waals surface area (Å²) in [7, 11) is 1.46. The maximum atomic E-state index is 11.3. The number of benzene rings is 1. The first-order valence-corrected chi connectivity index (χ1v) is 6.96. The number of amides is 1. The van der Waals surface area contributed by atoms with E-state index in [0.29, 0.717) is 28.3 Å². The zero-order valence-corrected chi connectivity index (χ0v) is 13.0. The number of nitrogens with one attached hydrogen (secondary N) is 3. The lowest BCUT2D eigenvalue weighted by atomic mass is 10.1. The number of aromatic nitrogens is 6. The van der Waals surface area contributed by atoms with Gasteiger partial charge in [0.1, 0.15) is 17.1 Å². The molecule has 0 atom stereocenters. The molecule has 0 bridgehead atoms. The third kappa shape index (κ3) is 2.86. The average Bonchev–Trinajstić information content (AvgIpc) is 3.17. The van der Waals surface area contributed by atoms with Gasteiger partial charge in [0, 0.05) is 12.6 Å². The van der Waals surface area contributed by atoms with Crippen LogP contribution < -0.4 is 10.1 Å². The van der Waals surface area contributed by atoms with Crippen molar-refractivity contribution in [2.45, 2.75) is 6.92 Å². The molecular weight excluding hydrogens is 322 g/mol. The van der Waals surface area contributed by atoms with Crippen LogP contribution in [0, 0.1) is 6.92 Å². The average molecular weight is 334 g/mol. The molecule has 2 aromatic heterocycles. The zero-order valence-electron chi connectivity index (χ0n) is 12.2. The van der Waals surface area contributed by atoms with Gasteiger partial charge in [0.15, 0.2) is 5.75 Å². The highest BCUT2D eigenvalue weighted by atomic mass is 35.5. The van der Waals surface area contributed by atoms with Crippen LogP contribution in [0.2, 0.25) is 5.02 Å². The number of carbonyl (C=O) groups is 1. The Morgan fingerprint density at radius 1 is 1.13 bits per heavy atom. The lowest BCUT2D eigenvalue weighted by Gasteiger charge is -2.07. The number of nitrogens with zero attached hydrogens (tertiary/aromatic N) is 4. The van der Waals surface area contributed by atoms with Gasteiger partial charge in [0.2, 0.25) is 0 Å². The Hall–Kier alpha value is -2.94. The molecule has 0 spiro atoms. The van der Waals surface area contributed by atoms with Crippen molar-refractivity contribution < 1.29 is 9.53 Å². The van der Waals surface area contributed by atoms with Crippen molar-refractivity contribution in [3.05, 3.63) is 28.9 Å². The monoisotopic (exact) mass is 333 g/mol. The van der Waals surface area contributed by atoms with Crippen LogP contribution in [-0.2, 0) is 0 Å². The van der Waals surface area contributed by atoms with Gasteiger partial charge in [-0.3, -0.25) is 0 Å². The van der Waals surface area contributed by atoms with Crippen molar-refractivity contribution in [1.82, 2.24) is 36.1 Å². The molecule has 23 heavy (non-hydrogen) atoms. The molecular formula is C13H12ClN7O2. The highest BCUT2D eigenvalue weighted by Crippen LogP contribution is 2.33. The minimum atomic E-state index is -0.597. The highest BCUT2D eigenvalue weighted by molar-refractivity contribution is 6.32. The number of aryl methyl sites for hydroxylation is 1. The molecule has 0 aliphatic heterocycles. The van der Waals surface area contributed by atoms with Crippen LogP contribution in [-0.4, -0.2) is 44.0 Å². The molecule has 3 aromatic rings. The summed E-state index contributed by atoms with van der Waals surface area (Å²) >= 11 is 6.16. The lowest BCUT2D eigenvalue weighted by Crippen LogP contribution is -2.22. The summed E-state index contributed by atoms with van der Waals surface area (Å²) < 4.78 is 5.04. The Labute approximate surface area is 135 Å². The third-order valence-electron chi connectivity index (χ3n) is 3.11. The molecule has 1 aromatic carbocycles. The van der Waals surface area contributed by atoms with Crippen molar-refractivity contribution in [2.24, 2.45) is 0 Å². The minimum Gasteiger partial charge on any atom is -0.409 e. The van der Waals surface area contributed by atoms with Crippen LogP contribution in [0.1, 0.15) is 5.69 Å². The Morgan fingerprint density at radius 3 is 2.48 bits per heavy atom. The lowest BCUT2D eigenvalue weighted by molar-refractivity contribution is 0.203.